The van der Waals surface area contributed by atoms with Gasteiger partial charge in [-0.05, 0) is 26.0 Å². The van der Waals surface area contributed by atoms with Gasteiger partial charge in [-0.15, -0.1) is 0 Å². The molecule has 2 atom stereocenters. The van der Waals surface area contributed by atoms with Crippen molar-refractivity contribution in [3.63, 3.8) is 0 Å². The SMILES string of the molecule is CC1=NC2C=CC=CC2(C)N1CC(=O)NCC(=O)N(C)c1ccccc1. The number of hydrogen-bond donors (Lipinski definition) is 1. The van der Waals surface area contributed by atoms with Crippen molar-refractivity contribution in [2.24, 2.45) is 4.99 Å². The number of amides is 2. The first-order valence-electron chi connectivity index (χ1n) is 8.68. The van der Waals surface area contributed by atoms with Gasteiger partial charge in [0, 0.05) is 12.7 Å². The molecular weight excluding hydrogens is 328 g/mol. The molecular formula is C20H24N4O2. The van der Waals surface area contributed by atoms with Crippen LogP contribution in [-0.4, -0.2) is 54.3 Å². The fourth-order valence-corrected chi connectivity index (χ4v) is 3.33. The highest BCUT2D eigenvalue weighted by molar-refractivity contribution is 5.97. The number of fused-ring (bicyclic) bond motifs is 1. The fourth-order valence-electron chi connectivity index (χ4n) is 3.33. The number of para-hydroxylation sites is 1. The summed E-state index contributed by atoms with van der Waals surface area (Å²) in [5.74, 6) is 0.469. The predicted octanol–water partition coefficient (Wildman–Crippen LogP) is 1.75. The zero-order chi connectivity index (χ0) is 18.7. The Bertz CT molecular complexity index is 784. The molecule has 2 amide bonds. The molecule has 26 heavy (non-hydrogen) atoms. The lowest BCUT2D eigenvalue weighted by Gasteiger charge is -2.37. The van der Waals surface area contributed by atoms with E-state index in [1.807, 2.05) is 60.4 Å². The molecule has 2 aliphatic rings. The molecule has 1 aliphatic carbocycles. The first kappa shape index (κ1) is 17.9. The van der Waals surface area contributed by atoms with E-state index in [2.05, 4.69) is 23.3 Å². The molecule has 2 unspecified atom stereocenters. The van der Waals surface area contributed by atoms with Crippen LogP contribution in [0.5, 0.6) is 0 Å². The third kappa shape index (κ3) is 3.40. The number of nitrogens with zero attached hydrogens (tertiary/aromatic N) is 3. The Labute approximate surface area is 153 Å². The van der Waals surface area contributed by atoms with E-state index in [4.69, 9.17) is 0 Å². The monoisotopic (exact) mass is 352 g/mol. The molecule has 1 aromatic rings. The van der Waals surface area contributed by atoms with Gasteiger partial charge in [-0.1, -0.05) is 42.5 Å². The summed E-state index contributed by atoms with van der Waals surface area (Å²) >= 11 is 0. The third-order valence-corrected chi connectivity index (χ3v) is 4.99. The number of rotatable bonds is 5. The van der Waals surface area contributed by atoms with Crippen molar-refractivity contribution in [1.29, 1.82) is 0 Å². The Morgan fingerprint density at radius 3 is 2.73 bits per heavy atom. The largest absolute Gasteiger partial charge is 0.345 e. The summed E-state index contributed by atoms with van der Waals surface area (Å²) < 4.78 is 0. The summed E-state index contributed by atoms with van der Waals surface area (Å²) in [4.78, 5) is 32.8. The molecule has 6 heteroatoms. The maximum Gasteiger partial charge on any atom is 0.246 e. The van der Waals surface area contributed by atoms with Gasteiger partial charge < -0.3 is 15.1 Å². The molecule has 0 aromatic heterocycles. The molecule has 1 aromatic carbocycles. The van der Waals surface area contributed by atoms with E-state index < -0.39 is 0 Å². The quantitative estimate of drug-likeness (QED) is 0.878. The second kappa shape index (κ2) is 7.15. The molecule has 0 bridgehead atoms. The highest BCUT2D eigenvalue weighted by Gasteiger charge is 2.43. The molecule has 136 valence electrons. The number of allylic oxidation sites excluding steroid dienone is 2. The van der Waals surface area contributed by atoms with Gasteiger partial charge in [-0.3, -0.25) is 14.6 Å². The van der Waals surface area contributed by atoms with E-state index in [9.17, 15) is 9.59 Å². The smallest absolute Gasteiger partial charge is 0.246 e. The van der Waals surface area contributed by atoms with Gasteiger partial charge in [0.2, 0.25) is 11.8 Å². The van der Waals surface area contributed by atoms with Crippen molar-refractivity contribution in [2.75, 3.05) is 25.0 Å². The second-order valence-electron chi connectivity index (χ2n) is 6.74. The van der Waals surface area contributed by atoms with E-state index in [0.29, 0.717) is 0 Å². The molecule has 0 fully saturated rings. The highest BCUT2D eigenvalue weighted by atomic mass is 16.2. The van der Waals surface area contributed by atoms with Crippen molar-refractivity contribution in [2.45, 2.75) is 25.4 Å². The minimum absolute atomic E-state index is 0.0196. The number of aliphatic imine (C=N–C) groups is 1. The Morgan fingerprint density at radius 2 is 2.00 bits per heavy atom. The number of benzene rings is 1. The van der Waals surface area contributed by atoms with E-state index in [0.717, 1.165) is 11.5 Å². The Kier molecular flexibility index (Phi) is 4.93. The van der Waals surface area contributed by atoms with Crippen LogP contribution in [0.2, 0.25) is 0 Å². The first-order chi connectivity index (χ1) is 12.4. The molecule has 1 heterocycles. The minimum Gasteiger partial charge on any atom is -0.345 e. The summed E-state index contributed by atoms with van der Waals surface area (Å²) in [5.41, 5.74) is 0.463. The van der Waals surface area contributed by atoms with Crippen molar-refractivity contribution in [3.05, 3.63) is 54.6 Å². The van der Waals surface area contributed by atoms with Gasteiger partial charge in [0.15, 0.2) is 0 Å². The average Bonchev–Trinajstić information content (AvgIpc) is 2.90. The molecule has 1 N–H and O–H groups in total. The van der Waals surface area contributed by atoms with E-state index in [1.165, 1.54) is 4.90 Å². The normalized spacial score (nSPS) is 23.4. The van der Waals surface area contributed by atoms with Crippen LogP contribution in [0, 0.1) is 0 Å². The summed E-state index contributed by atoms with van der Waals surface area (Å²) in [6.07, 6.45) is 8.07. The van der Waals surface area contributed by atoms with Crippen LogP contribution in [0.15, 0.2) is 59.6 Å². The Hall–Kier alpha value is -2.89. The number of carbonyl (C=O) groups is 2. The number of amidine groups is 1. The number of likely N-dealkylation sites (N-methyl/N-ethyl adjacent to an activating group) is 1. The predicted molar refractivity (Wildman–Crippen MR) is 103 cm³/mol. The summed E-state index contributed by atoms with van der Waals surface area (Å²) in [6, 6.07) is 9.37. The summed E-state index contributed by atoms with van der Waals surface area (Å²) in [5, 5.41) is 2.72. The highest BCUT2D eigenvalue weighted by Crippen LogP contribution is 2.33. The average molecular weight is 352 g/mol. The maximum atomic E-state index is 12.4. The summed E-state index contributed by atoms with van der Waals surface area (Å²) in [6.45, 7) is 4.11. The van der Waals surface area contributed by atoms with Gasteiger partial charge in [0.05, 0.1) is 30.5 Å². The Balaban J connectivity index is 1.56. The number of hydrogen-bond acceptors (Lipinski definition) is 4. The van der Waals surface area contributed by atoms with E-state index in [-0.39, 0.29) is 36.5 Å². The first-order valence-corrected chi connectivity index (χ1v) is 8.68. The van der Waals surface area contributed by atoms with Crippen LogP contribution in [0.3, 0.4) is 0 Å². The Morgan fingerprint density at radius 1 is 1.27 bits per heavy atom. The van der Waals surface area contributed by atoms with E-state index in [1.54, 1.807) is 7.05 Å². The number of nitrogens with one attached hydrogen (secondary N) is 1. The number of anilines is 1. The fraction of sp³-hybridized carbons (Fsp3) is 0.350. The molecule has 1 aliphatic heterocycles. The van der Waals surface area contributed by atoms with Crippen LogP contribution in [0.4, 0.5) is 5.69 Å². The van der Waals surface area contributed by atoms with Crippen molar-refractivity contribution in [1.82, 2.24) is 10.2 Å². The van der Waals surface area contributed by atoms with Crippen LogP contribution in [-0.2, 0) is 9.59 Å². The lowest BCUT2D eigenvalue weighted by atomic mass is 9.88. The van der Waals surface area contributed by atoms with Crippen LogP contribution in [0.1, 0.15) is 13.8 Å². The lowest BCUT2D eigenvalue weighted by molar-refractivity contribution is -0.125. The number of carbonyl (C=O) groups excluding carboxylic acids is 2. The molecule has 0 saturated carbocycles. The molecule has 0 spiro atoms. The molecule has 3 rings (SSSR count). The van der Waals surface area contributed by atoms with E-state index >= 15 is 0 Å². The van der Waals surface area contributed by atoms with Crippen molar-refractivity contribution < 1.29 is 9.59 Å². The zero-order valence-electron chi connectivity index (χ0n) is 15.3. The van der Waals surface area contributed by atoms with Crippen LogP contribution in [0.25, 0.3) is 0 Å². The maximum absolute atomic E-state index is 12.4. The summed E-state index contributed by atoms with van der Waals surface area (Å²) in [7, 11) is 1.70. The van der Waals surface area contributed by atoms with Crippen LogP contribution >= 0.6 is 0 Å². The third-order valence-electron chi connectivity index (χ3n) is 4.99. The zero-order valence-corrected chi connectivity index (χ0v) is 15.3. The van der Waals surface area contributed by atoms with Crippen LogP contribution < -0.4 is 10.2 Å². The molecule has 0 saturated heterocycles. The van der Waals surface area contributed by atoms with Gasteiger partial charge >= 0.3 is 0 Å². The van der Waals surface area contributed by atoms with Gasteiger partial charge in [0.25, 0.3) is 0 Å². The minimum atomic E-state index is -0.332. The standard InChI is InChI=1S/C20H24N4O2/c1-15-22-17-11-7-8-12-20(17,2)24(15)14-18(25)21-13-19(26)23(3)16-9-5-4-6-10-16/h4-12,17H,13-14H2,1-3H3,(H,21,25). The topological polar surface area (TPSA) is 65.0 Å². The van der Waals surface area contributed by atoms with Gasteiger partial charge in [-0.25, -0.2) is 0 Å². The lowest BCUT2D eigenvalue weighted by Crippen LogP contribution is -2.53. The van der Waals surface area contributed by atoms with Gasteiger partial charge in [0.1, 0.15) is 0 Å². The molecule has 0 radical (unpaired) electrons. The van der Waals surface area contributed by atoms with Crippen molar-refractivity contribution in [3.8, 4) is 0 Å². The molecule has 6 nitrogen and oxygen atoms in total. The van der Waals surface area contributed by atoms with Crippen molar-refractivity contribution >= 4 is 23.3 Å². The van der Waals surface area contributed by atoms with Gasteiger partial charge in [-0.2, -0.15) is 0 Å². The second-order valence-corrected chi connectivity index (χ2v) is 6.74.